The van der Waals surface area contributed by atoms with Gasteiger partial charge in [0.15, 0.2) is 29.0 Å². The van der Waals surface area contributed by atoms with E-state index in [-0.39, 0.29) is 37.7 Å². The molecule has 0 spiro atoms. The van der Waals surface area contributed by atoms with Crippen molar-refractivity contribution in [2.45, 2.75) is 9.79 Å². The molecule has 2 aliphatic rings. The second kappa shape index (κ2) is 7.97. The van der Waals surface area contributed by atoms with Crippen LogP contribution in [0.4, 0.5) is 13.2 Å². The standard InChI is InChI=1S/C18H17F3N2O6S2/c19-13-2-4-16(18(21)17(13)20)31(26,27)23-7-5-22(6-8-23)30(24,25)12-1-3-14-15(11-12)29-10-9-28-14/h1-4,11H,5-10H2. The van der Waals surface area contributed by atoms with Gasteiger partial charge in [0.25, 0.3) is 0 Å². The van der Waals surface area contributed by atoms with E-state index in [1.165, 1.54) is 18.2 Å². The first-order chi connectivity index (χ1) is 14.6. The predicted octanol–water partition coefficient (Wildman–Crippen LogP) is 1.57. The van der Waals surface area contributed by atoms with Crippen LogP contribution in [0, 0.1) is 17.5 Å². The van der Waals surface area contributed by atoms with Gasteiger partial charge in [-0.1, -0.05) is 0 Å². The maximum Gasteiger partial charge on any atom is 0.246 e. The Kier molecular flexibility index (Phi) is 5.62. The molecular formula is C18H17F3N2O6S2. The van der Waals surface area contributed by atoms with Crippen LogP contribution in [0.5, 0.6) is 11.5 Å². The van der Waals surface area contributed by atoms with Gasteiger partial charge in [-0.15, -0.1) is 0 Å². The van der Waals surface area contributed by atoms with Crippen LogP contribution in [0.15, 0.2) is 40.1 Å². The molecule has 0 amide bonds. The molecule has 4 rings (SSSR count). The van der Waals surface area contributed by atoms with Crippen molar-refractivity contribution in [3.8, 4) is 11.5 Å². The fraction of sp³-hybridized carbons (Fsp3) is 0.333. The minimum Gasteiger partial charge on any atom is -0.486 e. The Morgan fingerprint density at radius 1 is 0.710 bits per heavy atom. The summed E-state index contributed by atoms with van der Waals surface area (Å²) in [6.07, 6.45) is 0. The molecule has 0 aromatic heterocycles. The first-order valence-corrected chi connectivity index (χ1v) is 12.0. The summed E-state index contributed by atoms with van der Waals surface area (Å²) in [4.78, 5) is -1.05. The SMILES string of the molecule is O=S(=O)(c1ccc2c(c1)OCCO2)N1CCN(S(=O)(=O)c2ccc(F)c(F)c2F)CC1. The van der Waals surface area contributed by atoms with Crippen LogP contribution in [0.25, 0.3) is 0 Å². The third kappa shape index (κ3) is 3.86. The number of nitrogens with zero attached hydrogens (tertiary/aromatic N) is 2. The van der Waals surface area contributed by atoms with E-state index < -0.39 is 42.4 Å². The number of fused-ring (bicyclic) bond motifs is 1. The van der Waals surface area contributed by atoms with E-state index >= 15 is 0 Å². The molecule has 2 aromatic rings. The summed E-state index contributed by atoms with van der Waals surface area (Å²) < 4.78 is 104. The fourth-order valence-corrected chi connectivity index (χ4v) is 6.25. The quantitative estimate of drug-likeness (QED) is 0.620. The summed E-state index contributed by atoms with van der Waals surface area (Å²) in [6, 6.07) is 5.34. The third-order valence-electron chi connectivity index (χ3n) is 4.97. The summed E-state index contributed by atoms with van der Waals surface area (Å²) in [5.74, 6) is -4.49. The molecule has 0 radical (unpaired) electrons. The number of sulfonamides is 2. The fourth-order valence-electron chi connectivity index (χ4n) is 3.33. The van der Waals surface area contributed by atoms with Gasteiger partial charge in [0, 0.05) is 32.2 Å². The highest BCUT2D eigenvalue weighted by atomic mass is 32.2. The number of ether oxygens (including phenoxy) is 2. The van der Waals surface area contributed by atoms with Gasteiger partial charge in [-0.3, -0.25) is 0 Å². The van der Waals surface area contributed by atoms with Crippen molar-refractivity contribution in [2.75, 3.05) is 39.4 Å². The molecule has 8 nitrogen and oxygen atoms in total. The maximum atomic E-state index is 14.0. The molecular weight excluding hydrogens is 461 g/mol. The Morgan fingerprint density at radius 3 is 1.94 bits per heavy atom. The number of halogens is 3. The number of hydrogen-bond acceptors (Lipinski definition) is 6. The maximum absolute atomic E-state index is 14.0. The van der Waals surface area contributed by atoms with E-state index in [9.17, 15) is 30.0 Å². The Morgan fingerprint density at radius 2 is 1.29 bits per heavy atom. The van der Waals surface area contributed by atoms with Crippen molar-refractivity contribution in [1.82, 2.24) is 8.61 Å². The predicted molar refractivity (Wildman–Crippen MR) is 101 cm³/mol. The van der Waals surface area contributed by atoms with Gasteiger partial charge in [0.2, 0.25) is 20.0 Å². The molecule has 13 heteroatoms. The lowest BCUT2D eigenvalue weighted by molar-refractivity contribution is 0.171. The van der Waals surface area contributed by atoms with Crippen molar-refractivity contribution >= 4 is 20.0 Å². The number of benzene rings is 2. The normalized spacial score (nSPS) is 18.2. The van der Waals surface area contributed by atoms with Gasteiger partial charge in [0.1, 0.15) is 18.1 Å². The van der Waals surface area contributed by atoms with Crippen molar-refractivity contribution in [2.24, 2.45) is 0 Å². The van der Waals surface area contributed by atoms with Crippen molar-refractivity contribution < 1.29 is 39.5 Å². The Bertz CT molecular complexity index is 1230. The topological polar surface area (TPSA) is 93.2 Å². The van der Waals surface area contributed by atoms with E-state index in [2.05, 4.69) is 0 Å². The molecule has 0 unspecified atom stereocenters. The zero-order valence-corrected chi connectivity index (χ0v) is 17.6. The minimum atomic E-state index is -4.48. The van der Waals surface area contributed by atoms with Gasteiger partial charge in [-0.25, -0.2) is 30.0 Å². The molecule has 0 N–H and O–H groups in total. The van der Waals surface area contributed by atoms with E-state index in [1.54, 1.807) is 0 Å². The van der Waals surface area contributed by atoms with Crippen LogP contribution in [0.2, 0.25) is 0 Å². The van der Waals surface area contributed by atoms with Gasteiger partial charge < -0.3 is 9.47 Å². The second-order valence-corrected chi connectivity index (χ2v) is 10.6. The molecule has 0 aliphatic carbocycles. The van der Waals surface area contributed by atoms with E-state index in [0.717, 1.165) is 8.61 Å². The van der Waals surface area contributed by atoms with Crippen LogP contribution in [0.1, 0.15) is 0 Å². The van der Waals surface area contributed by atoms with E-state index in [1.807, 2.05) is 0 Å². The Balaban J connectivity index is 1.52. The lowest BCUT2D eigenvalue weighted by atomic mass is 10.3. The van der Waals surface area contributed by atoms with Crippen LogP contribution < -0.4 is 9.47 Å². The largest absolute Gasteiger partial charge is 0.486 e. The highest BCUT2D eigenvalue weighted by Gasteiger charge is 2.36. The molecule has 0 atom stereocenters. The summed E-state index contributed by atoms with van der Waals surface area (Å²) in [5.41, 5.74) is 0. The number of rotatable bonds is 4. The Hall–Kier alpha value is -2.35. The average Bonchev–Trinajstić information content (AvgIpc) is 2.77. The molecule has 1 fully saturated rings. The summed E-state index contributed by atoms with van der Waals surface area (Å²) in [7, 11) is -8.44. The average molecular weight is 478 g/mol. The van der Waals surface area contributed by atoms with Crippen molar-refractivity contribution in [1.29, 1.82) is 0 Å². The smallest absolute Gasteiger partial charge is 0.246 e. The summed E-state index contributed by atoms with van der Waals surface area (Å²) >= 11 is 0. The molecule has 1 saturated heterocycles. The minimum absolute atomic E-state index is 0.0419. The highest BCUT2D eigenvalue weighted by Crippen LogP contribution is 2.33. The summed E-state index contributed by atoms with van der Waals surface area (Å²) in [5, 5.41) is 0. The second-order valence-electron chi connectivity index (χ2n) is 6.79. The van der Waals surface area contributed by atoms with Gasteiger partial charge in [-0.2, -0.15) is 8.61 Å². The van der Waals surface area contributed by atoms with Gasteiger partial charge in [-0.05, 0) is 24.3 Å². The van der Waals surface area contributed by atoms with Crippen LogP contribution in [-0.4, -0.2) is 64.8 Å². The highest BCUT2D eigenvalue weighted by molar-refractivity contribution is 7.89. The molecule has 168 valence electrons. The van der Waals surface area contributed by atoms with Crippen LogP contribution in [-0.2, 0) is 20.0 Å². The molecule has 2 aliphatic heterocycles. The molecule has 2 aromatic carbocycles. The third-order valence-corrected chi connectivity index (χ3v) is 8.78. The molecule has 0 saturated carbocycles. The van der Waals surface area contributed by atoms with Gasteiger partial charge in [0.05, 0.1) is 4.90 Å². The zero-order valence-electron chi connectivity index (χ0n) is 15.9. The summed E-state index contributed by atoms with van der Waals surface area (Å²) in [6.45, 7) is -0.348. The van der Waals surface area contributed by atoms with E-state index in [0.29, 0.717) is 30.2 Å². The van der Waals surface area contributed by atoms with Crippen LogP contribution in [0.3, 0.4) is 0 Å². The van der Waals surface area contributed by atoms with Crippen LogP contribution >= 0.6 is 0 Å². The Labute approximate surface area is 176 Å². The van der Waals surface area contributed by atoms with Gasteiger partial charge >= 0.3 is 0 Å². The van der Waals surface area contributed by atoms with E-state index in [4.69, 9.17) is 9.47 Å². The zero-order chi connectivity index (χ0) is 22.4. The molecule has 2 heterocycles. The molecule has 0 bridgehead atoms. The number of hydrogen-bond donors (Lipinski definition) is 0. The lowest BCUT2D eigenvalue weighted by Crippen LogP contribution is -2.50. The number of piperazine rings is 1. The lowest BCUT2D eigenvalue weighted by Gasteiger charge is -2.33. The first kappa shape index (κ1) is 21.9. The molecule has 31 heavy (non-hydrogen) atoms. The van der Waals surface area contributed by atoms with Crippen molar-refractivity contribution in [3.63, 3.8) is 0 Å². The first-order valence-electron chi connectivity index (χ1n) is 9.16. The van der Waals surface area contributed by atoms with Crippen molar-refractivity contribution in [3.05, 3.63) is 47.8 Å². The monoisotopic (exact) mass is 478 g/mol.